The maximum absolute atomic E-state index is 10.2. The predicted octanol–water partition coefficient (Wildman–Crippen LogP) is 0.450. The largest absolute Gasteiger partial charge is 0.740 e. The van der Waals surface area contributed by atoms with E-state index >= 15 is 0 Å². The number of ether oxygens (including phenoxy) is 1. The Morgan fingerprint density at radius 1 is 1.54 bits per heavy atom. The van der Waals surface area contributed by atoms with Gasteiger partial charge in [0.1, 0.15) is 17.1 Å². The zero-order valence-electron chi connectivity index (χ0n) is 6.85. The van der Waals surface area contributed by atoms with E-state index in [0.717, 1.165) is 0 Å². The first-order chi connectivity index (χ1) is 6.13. The smallest absolute Gasteiger partial charge is 0.162 e. The minimum Gasteiger partial charge on any atom is -0.740 e. The Bertz CT molecular complexity index is 328. The van der Waals surface area contributed by atoms with Gasteiger partial charge in [0.05, 0.1) is 12.8 Å². The molecule has 0 aliphatic carbocycles. The summed E-state index contributed by atoms with van der Waals surface area (Å²) in [6.07, 6.45) is 0. The van der Waals surface area contributed by atoms with Crippen LogP contribution >= 0.6 is 0 Å². The van der Waals surface area contributed by atoms with Gasteiger partial charge in [-0.1, -0.05) is 0 Å². The highest BCUT2D eigenvalue weighted by Crippen LogP contribution is 2.26. The summed E-state index contributed by atoms with van der Waals surface area (Å²) in [5.41, 5.74) is 5.68. The number of benzene rings is 1. The Balaban J connectivity index is 2.91. The quantitative estimate of drug-likeness (QED) is 0.568. The molecule has 1 unspecified atom stereocenters. The number of nitrogen functional groups attached to an aromatic ring is 1. The molecule has 0 radical (unpaired) electrons. The molecule has 0 fully saturated rings. The van der Waals surface area contributed by atoms with Crippen LogP contribution in [0, 0.1) is 0 Å². The van der Waals surface area contributed by atoms with Crippen molar-refractivity contribution in [1.29, 1.82) is 0 Å². The third-order valence-electron chi connectivity index (χ3n) is 1.37. The molecule has 1 atom stereocenters. The number of hydrogen-bond acceptors (Lipinski definition) is 5. The number of nitrogens with two attached hydrogens (primary N) is 1. The Morgan fingerprint density at radius 3 is 2.69 bits per heavy atom. The van der Waals surface area contributed by atoms with Crippen LogP contribution in [0.2, 0.25) is 0 Å². The van der Waals surface area contributed by atoms with Crippen LogP contribution in [0.3, 0.4) is 0 Å². The molecule has 0 heterocycles. The van der Waals surface area contributed by atoms with E-state index < -0.39 is 11.4 Å². The van der Waals surface area contributed by atoms with Crippen LogP contribution in [0.1, 0.15) is 0 Å². The van der Waals surface area contributed by atoms with Crippen molar-refractivity contribution in [2.45, 2.75) is 0 Å². The second kappa shape index (κ2) is 4.11. The second-order valence-corrected chi connectivity index (χ2v) is 2.77. The molecule has 0 aliphatic heterocycles. The van der Waals surface area contributed by atoms with Crippen molar-refractivity contribution in [3.8, 4) is 11.5 Å². The standard InChI is InChI=1S/C7H9NO4S/c1-11-5-2-3-7(6(8)4-5)12-13(9)10/h2-4H,8H2,1H3,(H,9,10)/p-1. The number of hydrogen-bond donors (Lipinski definition) is 1. The van der Waals surface area contributed by atoms with Crippen molar-refractivity contribution in [2.75, 3.05) is 12.8 Å². The second-order valence-electron chi connectivity index (χ2n) is 2.19. The highest BCUT2D eigenvalue weighted by atomic mass is 32.2. The monoisotopic (exact) mass is 202 g/mol. The van der Waals surface area contributed by atoms with E-state index in [1.807, 2.05) is 0 Å². The van der Waals surface area contributed by atoms with Gasteiger partial charge in [0, 0.05) is 6.07 Å². The van der Waals surface area contributed by atoms with E-state index in [2.05, 4.69) is 4.18 Å². The van der Waals surface area contributed by atoms with Gasteiger partial charge >= 0.3 is 0 Å². The predicted molar refractivity (Wildman–Crippen MR) is 47.0 cm³/mol. The molecule has 1 aromatic carbocycles. The molecule has 6 heteroatoms. The fourth-order valence-electron chi connectivity index (χ4n) is 0.803. The fourth-order valence-corrected chi connectivity index (χ4v) is 1.10. The van der Waals surface area contributed by atoms with Gasteiger partial charge in [0.15, 0.2) is 5.75 Å². The lowest BCUT2D eigenvalue weighted by molar-refractivity contribution is 0.413. The van der Waals surface area contributed by atoms with Crippen molar-refractivity contribution >= 4 is 17.0 Å². The first kappa shape index (κ1) is 9.82. The number of anilines is 1. The summed E-state index contributed by atoms with van der Waals surface area (Å²) >= 11 is -2.61. The first-order valence-corrected chi connectivity index (χ1v) is 4.34. The van der Waals surface area contributed by atoms with Gasteiger partial charge in [0.2, 0.25) is 0 Å². The molecule has 0 spiro atoms. The molecule has 1 aromatic rings. The zero-order chi connectivity index (χ0) is 9.84. The molecule has 13 heavy (non-hydrogen) atoms. The molecule has 0 aliphatic rings. The van der Waals surface area contributed by atoms with Crippen LogP contribution in [0.25, 0.3) is 0 Å². The van der Waals surface area contributed by atoms with E-state index in [1.54, 1.807) is 6.07 Å². The van der Waals surface area contributed by atoms with Gasteiger partial charge < -0.3 is 19.2 Å². The molecule has 0 saturated heterocycles. The third-order valence-corrected chi connectivity index (χ3v) is 1.69. The lowest BCUT2D eigenvalue weighted by Gasteiger charge is -2.10. The van der Waals surface area contributed by atoms with Gasteiger partial charge in [-0.2, -0.15) is 0 Å². The zero-order valence-corrected chi connectivity index (χ0v) is 7.67. The van der Waals surface area contributed by atoms with E-state index in [9.17, 15) is 8.76 Å². The Labute approximate surface area is 77.9 Å². The number of methoxy groups -OCH3 is 1. The van der Waals surface area contributed by atoms with E-state index in [4.69, 9.17) is 10.5 Å². The highest BCUT2D eigenvalue weighted by Gasteiger charge is 2.01. The van der Waals surface area contributed by atoms with Crippen molar-refractivity contribution in [3.05, 3.63) is 18.2 Å². The van der Waals surface area contributed by atoms with Crippen LogP contribution in [-0.2, 0) is 11.4 Å². The van der Waals surface area contributed by atoms with Crippen molar-refractivity contribution in [1.82, 2.24) is 0 Å². The van der Waals surface area contributed by atoms with Crippen LogP contribution in [-0.4, -0.2) is 15.9 Å². The van der Waals surface area contributed by atoms with E-state index in [0.29, 0.717) is 5.75 Å². The molecule has 5 nitrogen and oxygen atoms in total. The minimum absolute atomic E-state index is 0.0918. The molecule has 1 rings (SSSR count). The van der Waals surface area contributed by atoms with Crippen LogP contribution < -0.4 is 14.7 Å². The summed E-state index contributed by atoms with van der Waals surface area (Å²) in [7, 11) is 1.49. The summed E-state index contributed by atoms with van der Waals surface area (Å²) in [6, 6.07) is 4.45. The molecule has 2 N–H and O–H groups in total. The average molecular weight is 202 g/mol. The van der Waals surface area contributed by atoms with Gasteiger partial charge in [0.25, 0.3) is 0 Å². The van der Waals surface area contributed by atoms with Gasteiger partial charge in [-0.05, 0) is 12.1 Å². The van der Waals surface area contributed by atoms with Crippen molar-refractivity contribution < 1.29 is 17.7 Å². The maximum Gasteiger partial charge on any atom is 0.162 e. The van der Waals surface area contributed by atoms with Gasteiger partial charge in [-0.15, -0.1) is 0 Å². The minimum atomic E-state index is -2.61. The molecule has 0 amide bonds. The molecule has 0 bridgehead atoms. The van der Waals surface area contributed by atoms with E-state index in [1.165, 1.54) is 19.2 Å². The lowest BCUT2D eigenvalue weighted by atomic mass is 10.3. The topological polar surface area (TPSA) is 84.6 Å². The Morgan fingerprint density at radius 2 is 2.23 bits per heavy atom. The summed E-state index contributed by atoms with van der Waals surface area (Å²) in [5, 5.41) is 0. The molecule has 0 saturated carbocycles. The SMILES string of the molecule is COc1ccc(OS(=O)[O-])c(N)c1. The highest BCUT2D eigenvalue weighted by molar-refractivity contribution is 7.74. The first-order valence-electron chi connectivity index (χ1n) is 3.34. The number of rotatable bonds is 3. The van der Waals surface area contributed by atoms with Crippen molar-refractivity contribution in [2.24, 2.45) is 0 Å². The Kier molecular flexibility index (Phi) is 3.10. The summed E-state index contributed by atoms with van der Waals surface area (Å²) in [6.45, 7) is 0. The van der Waals surface area contributed by atoms with Gasteiger partial charge in [-0.3, -0.25) is 0 Å². The van der Waals surface area contributed by atoms with E-state index in [-0.39, 0.29) is 11.4 Å². The Hall–Kier alpha value is -1.27. The van der Waals surface area contributed by atoms with Crippen LogP contribution in [0.15, 0.2) is 18.2 Å². The molecular formula is C7H8NO4S-. The van der Waals surface area contributed by atoms with Crippen LogP contribution in [0.4, 0.5) is 5.69 Å². The molecule has 0 aromatic heterocycles. The lowest BCUT2D eigenvalue weighted by Crippen LogP contribution is -2.01. The summed E-state index contributed by atoms with van der Waals surface area (Å²) < 4.78 is 29.6. The normalized spacial score (nSPS) is 12.2. The van der Waals surface area contributed by atoms with Crippen molar-refractivity contribution in [3.63, 3.8) is 0 Å². The maximum atomic E-state index is 10.2. The molecule has 72 valence electrons. The molecular weight excluding hydrogens is 194 g/mol. The van der Waals surface area contributed by atoms with Crippen LogP contribution in [0.5, 0.6) is 11.5 Å². The third kappa shape index (κ3) is 2.60. The van der Waals surface area contributed by atoms with Gasteiger partial charge in [-0.25, -0.2) is 4.21 Å². The fraction of sp³-hybridized carbons (Fsp3) is 0.143. The summed E-state index contributed by atoms with van der Waals surface area (Å²) in [5.74, 6) is 0.635. The summed E-state index contributed by atoms with van der Waals surface area (Å²) in [4.78, 5) is 0. The average Bonchev–Trinajstić information content (AvgIpc) is 2.08.